The fraction of sp³-hybridized carbons (Fsp3) is 0.417. The second-order valence-electron chi connectivity index (χ2n) is 4.09. The monoisotopic (exact) mass is 239 g/mol. The molecule has 17 heavy (non-hydrogen) atoms. The van der Waals surface area contributed by atoms with Crippen LogP contribution in [-0.2, 0) is 4.79 Å². The van der Waals surface area contributed by atoms with Crippen LogP contribution in [0.1, 0.15) is 24.1 Å². The van der Waals surface area contributed by atoms with E-state index in [1.54, 1.807) is 19.1 Å². The second-order valence-corrected chi connectivity index (χ2v) is 4.09. The highest BCUT2D eigenvalue weighted by molar-refractivity contribution is 5.76. The van der Waals surface area contributed by atoms with Crippen molar-refractivity contribution in [1.82, 2.24) is 5.32 Å². The number of phenolic OH excluding ortho intramolecular Hbond substituents is 1. The molecule has 1 aromatic carbocycles. The molecule has 4 N–H and O–H groups in total. The van der Waals surface area contributed by atoms with Crippen molar-refractivity contribution in [3.8, 4) is 5.75 Å². The van der Waals surface area contributed by atoms with Crippen molar-refractivity contribution in [3.63, 3.8) is 0 Å². The summed E-state index contributed by atoms with van der Waals surface area (Å²) in [6.07, 6.45) is -0.649. The molecule has 0 saturated heterocycles. The molecule has 0 aromatic heterocycles. The van der Waals surface area contributed by atoms with Crippen molar-refractivity contribution in [1.29, 1.82) is 0 Å². The van der Waals surface area contributed by atoms with Crippen LogP contribution in [0.4, 0.5) is 0 Å². The number of hydrogen-bond acceptors (Lipinski definition) is 4. The summed E-state index contributed by atoms with van der Waals surface area (Å²) in [6, 6.07) is 3.75. The molecule has 2 atom stereocenters. The van der Waals surface area contributed by atoms with E-state index in [-0.39, 0.29) is 12.3 Å². The Morgan fingerprint density at radius 3 is 2.65 bits per heavy atom. The first kappa shape index (κ1) is 13.5. The average molecular weight is 239 g/mol. The quantitative estimate of drug-likeness (QED) is 0.610. The molecule has 0 amide bonds. The zero-order valence-corrected chi connectivity index (χ0v) is 9.84. The van der Waals surface area contributed by atoms with Gasteiger partial charge in [-0.05, 0) is 19.9 Å². The van der Waals surface area contributed by atoms with Crippen molar-refractivity contribution in [2.75, 3.05) is 6.54 Å². The molecule has 5 nitrogen and oxygen atoms in total. The van der Waals surface area contributed by atoms with E-state index in [0.717, 1.165) is 5.56 Å². The lowest BCUT2D eigenvalue weighted by molar-refractivity contribution is -0.139. The molecule has 0 bridgehead atoms. The van der Waals surface area contributed by atoms with Gasteiger partial charge in [0.25, 0.3) is 0 Å². The van der Waals surface area contributed by atoms with Crippen molar-refractivity contribution in [3.05, 3.63) is 29.3 Å². The number of phenols is 1. The van der Waals surface area contributed by atoms with E-state index in [0.29, 0.717) is 5.56 Å². The van der Waals surface area contributed by atoms with Gasteiger partial charge in [0.15, 0.2) is 0 Å². The zero-order chi connectivity index (χ0) is 13.0. The molecule has 0 radical (unpaired) electrons. The normalized spacial score (nSPS) is 14.3. The summed E-state index contributed by atoms with van der Waals surface area (Å²) in [5.41, 5.74) is 1.17. The van der Waals surface area contributed by atoms with Crippen molar-refractivity contribution in [2.24, 2.45) is 0 Å². The van der Waals surface area contributed by atoms with Gasteiger partial charge in [-0.25, -0.2) is 0 Å². The number of carboxylic acids is 1. The molecule has 5 heteroatoms. The Balaban J connectivity index is 2.97. The lowest BCUT2D eigenvalue weighted by Gasteiger charge is -2.17. The van der Waals surface area contributed by atoms with E-state index < -0.39 is 18.1 Å². The van der Waals surface area contributed by atoms with Crippen LogP contribution in [-0.4, -0.2) is 33.9 Å². The number of aliphatic carboxylic acids is 1. The predicted molar refractivity (Wildman–Crippen MR) is 62.9 cm³/mol. The van der Waals surface area contributed by atoms with Crippen LogP contribution in [0.15, 0.2) is 18.2 Å². The molecule has 0 aliphatic rings. The van der Waals surface area contributed by atoms with Crippen LogP contribution in [0.5, 0.6) is 5.75 Å². The van der Waals surface area contributed by atoms with Gasteiger partial charge in [0, 0.05) is 12.1 Å². The highest BCUT2D eigenvalue weighted by Crippen LogP contribution is 2.25. The van der Waals surface area contributed by atoms with Crippen LogP contribution in [0.2, 0.25) is 0 Å². The van der Waals surface area contributed by atoms with E-state index >= 15 is 0 Å². The molecular weight excluding hydrogens is 222 g/mol. The van der Waals surface area contributed by atoms with E-state index in [2.05, 4.69) is 5.32 Å². The third-order valence-corrected chi connectivity index (χ3v) is 2.36. The van der Waals surface area contributed by atoms with E-state index in [4.69, 9.17) is 10.2 Å². The standard InChI is InChI=1S/C12H17NO4/c1-7-3-4-10(15)9(5-7)11(12(16)17)13-6-8(2)14/h3-5,8,11,13-15H,6H2,1-2H3,(H,16,17). The number of carboxylic acid groups (broad SMARTS) is 1. The molecular formula is C12H17NO4. The maximum absolute atomic E-state index is 11.1. The maximum atomic E-state index is 11.1. The van der Waals surface area contributed by atoms with Gasteiger partial charge in [0.05, 0.1) is 6.10 Å². The lowest BCUT2D eigenvalue weighted by atomic mass is 10.0. The Morgan fingerprint density at radius 2 is 2.12 bits per heavy atom. The number of nitrogens with one attached hydrogen (secondary N) is 1. The van der Waals surface area contributed by atoms with Gasteiger partial charge in [-0.1, -0.05) is 17.7 Å². The summed E-state index contributed by atoms with van der Waals surface area (Å²) in [4.78, 5) is 11.1. The average Bonchev–Trinajstić information content (AvgIpc) is 2.22. The number of hydrogen-bond donors (Lipinski definition) is 4. The fourth-order valence-corrected chi connectivity index (χ4v) is 1.52. The molecule has 94 valence electrons. The summed E-state index contributed by atoms with van der Waals surface area (Å²) < 4.78 is 0. The molecule has 0 heterocycles. The summed E-state index contributed by atoms with van der Waals surface area (Å²) >= 11 is 0. The summed E-state index contributed by atoms with van der Waals surface area (Å²) in [7, 11) is 0. The van der Waals surface area contributed by atoms with Gasteiger partial charge < -0.3 is 15.3 Å². The number of aromatic hydroxyl groups is 1. The van der Waals surface area contributed by atoms with Gasteiger partial charge >= 0.3 is 5.97 Å². The Hall–Kier alpha value is -1.59. The van der Waals surface area contributed by atoms with Gasteiger partial charge in [0.2, 0.25) is 0 Å². The Bertz CT molecular complexity index is 403. The molecule has 0 saturated carbocycles. The van der Waals surface area contributed by atoms with Crippen LogP contribution in [0.25, 0.3) is 0 Å². The SMILES string of the molecule is Cc1ccc(O)c(C(NCC(C)O)C(=O)O)c1. The Morgan fingerprint density at radius 1 is 1.47 bits per heavy atom. The van der Waals surface area contributed by atoms with Gasteiger partial charge in [0.1, 0.15) is 11.8 Å². The smallest absolute Gasteiger partial charge is 0.325 e. The minimum atomic E-state index is -1.09. The topological polar surface area (TPSA) is 89.8 Å². The summed E-state index contributed by atoms with van der Waals surface area (Å²) in [5.74, 6) is -1.16. The third-order valence-electron chi connectivity index (χ3n) is 2.36. The number of carbonyl (C=O) groups is 1. The van der Waals surface area contributed by atoms with Crippen molar-refractivity contribution < 1.29 is 20.1 Å². The van der Waals surface area contributed by atoms with Crippen LogP contribution < -0.4 is 5.32 Å². The minimum Gasteiger partial charge on any atom is -0.508 e. The van der Waals surface area contributed by atoms with Crippen LogP contribution in [0, 0.1) is 6.92 Å². The minimum absolute atomic E-state index is 0.0684. The highest BCUT2D eigenvalue weighted by atomic mass is 16.4. The number of aryl methyl sites for hydroxylation is 1. The maximum Gasteiger partial charge on any atom is 0.325 e. The first-order valence-corrected chi connectivity index (χ1v) is 5.35. The van der Waals surface area contributed by atoms with Gasteiger partial charge in [-0.2, -0.15) is 0 Å². The molecule has 1 rings (SSSR count). The van der Waals surface area contributed by atoms with Gasteiger partial charge in [-0.3, -0.25) is 10.1 Å². The molecule has 0 aliphatic carbocycles. The fourth-order valence-electron chi connectivity index (χ4n) is 1.52. The van der Waals surface area contributed by atoms with Crippen LogP contribution in [0.3, 0.4) is 0 Å². The molecule has 0 fully saturated rings. The molecule has 1 aromatic rings. The predicted octanol–water partition coefficient (Wildman–Crippen LogP) is 0.797. The largest absolute Gasteiger partial charge is 0.508 e. The Kier molecular flexibility index (Phi) is 4.48. The number of aliphatic hydroxyl groups excluding tert-OH is 1. The molecule has 2 unspecified atom stereocenters. The lowest BCUT2D eigenvalue weighted by Crippen LogP contribution is -2.33. The number of aliphatic hydroxyl groups is 1. The van der Waals surface area contributed by atoms with Gasteiger partial charge in [-0.15, -0.1) is 0 Å². The van der Waals surface area contributed by atoms with E-state index in [1.807, 2.05) is 6.92 Å². The summed E-state index contributed by atoms with van der Waals surface area (Å²) in [5, 5.41) is 30.6. The summed E-state index contributed by atoms with van der Waals surface area (Å²) in [6.45, 7) is 3.52. The first-order valence-electron chi connectivity index (χ1n) is 5.35. The highest BCUT2D eigenvalue weighted by Gasteiger charge is 2.22. The second kappa shape index (κ2) is 5.65. The molecule has 0 aliphatic heterocycles. The third kappa shape index (κ3) is 3.72. The van der Waals surface area contributed by atoms with Crippen LogP contribution >= 0.6 is 0 Å². The number of rotatable bonds is 5. The zero-order valence-electron chi connectivity index (χ0n) is 9.84. The van der Waals surface area contributed by atoms with Crippen molar-refractivity contribution in [2.45, 2.75) is 26.0 Å². The van der Waals surface area contributed by atoms with E-state index in [1.165, 1.54) is 6.07 Å². The van der Waals surface area contributed by atoms with Crippen molar-refractivity contribution >= 4 is 5.97 Å². The first-order chi connectivity index (χ1) is 7.91. The number of benzene rings is 1. The molecule has 0 spiro atoms. The Labute approximate surface area is 99.7 Å². The van der Waals surface area contributed by atoms with E-state index in [9.17, 15) is 9.90 Å².